The summed E-state index contributed by atoms with van der Waals surface area (Å²) in [5, 5.41) is 0.606. The minimum absolute atomic E-state index is 0.336. The van der Waals surface area contributed by atoms with Crippen molar-refractivity contribution in [3.8, 4) is 17.3 Å². The van der Waals surface area contributed by atoms with Crippen LogP contribution in [0.3, 0.4) is 0 Å². The predicted octanol–water partition coefficient (Wildman–Crippen LogP) is 6.73. The number of pyridine rings is 1. The highest BCUT2D eigenvalue weighted by atomic mass is 35.5. The monoisotopic (exact) mass is 461 g/mol. The van der Waals surface area contributed by atoms with Crippen molar-refractivity contribution >= 4 is 22.6 Å². The largest absolute Gasteiger partial charge is 0.489 e. The molecule has 33 heavy (non-hydrogen) atoms. The Kier molecular flexibility index (Phi) is 5.75. The molecule has 1 N–H and O–H groups in total. The number of H-pyrrole nitrogens is 1. The molecule has 0 radical (unpaired) electrons. The number of fused-ring (bicyclic) bond motifs is 1. The number of halogens is 3. The maximum atomic E-state index is 13.5. The fraction of sp³-hybridized carbons (Fsp3) is 0.0769. The first-order chi connectivity index (χ1) is 16.0. The lowest BCUT2D eigenvalue weighted by molar-refractivity contribution is 0.303. The molecule has 0 saturated heterocycles. The van der Waals surface area contributed by atoms with E-state index in [1.165, 1.54) is 0 Å². The van der Waals surface area contributed by atoms with Crippen molar-refractivity contribution in [2.75, 3.05) is 0 Å². The van der Waals surface area contributed by atoms with E-state index in [9.17, 15) is 8.78 Å². The molecule has 3 aromatic carbocycles. The highest BCUT2D eigenvalue weighted by Gasteiger charge is 2.13. The molecule has 0 bridgehead atoms. The molecule has 0 unspecified atom stereocenters. The Morgan fingerprint density at radius 3 is 2.52 bits per heavy atom. The number of rotatable bonds is 6. The quantitative estimate of drug-likeness (QED) is 0.305. The SMILES string of the molecule is Fc1cc2nc(-c3cccc(Cc4cc(Cl)ccc4OCc4ccccc4)n3)[nH]c2cc1F. The van der Waals surface area contributed by atoms with E-state index in [0.717, 1.165) is 34.7 Å². The van der Waals surface area contributed by atoms with Gasteiger partial charge in [0.15, 0.2) is 17.5 Å². The lowest BCUT2D eigenvalue weighted by Gasteiger charge is -2.12. The second kappa shape index (κ2) is 9.00. The molecule has 7 heteroatoms. The Hall–Kier alpha value is -3.77. The second-order valence-electron chi connectivity index (χ2n) is 7.59. The summed E-state index contributed by atoms with van der Waals surface area (Å²) in [6, 6.07) is 23.1. The Balaban J connectivity index is 1.41. The third-order valence-corrected chi connectivity index (χ3v) is 5.44. The molecule has 0 saturated carbocycles. The number of benzene rings is 3. The van der Waals surface area contributed by atoms with Crippen LogP contribution in [0.15, 0.2) is 78.9 Å². The molecule has 0 fully saturated rings. The standard InChI is InChI=1S/C26H18ClF2N3O/c27-18-9-10-25(33-15-16-5-2-1-3-6-16)17(11-18)12-19-7-4-8-22(30-19)26-31-23-13-20(28)21(29)14-24(23)32-26/h1-11,13-14H,12,15H2,(H,31,32). The molecule has 4 nitrogen and oxygen atoms in total. The van der Waals surface area contributed by atoms with Gasteiger partial charge in [-0.1, -0.05) is 48.0 Å². The van der Waals surface area contributed by atoms with Gasteiger partial charge in [-0.3, -0.25) is 0 Å². The van der Waals surface area contributed by atoms with Gasteiger partial charge in [0.25, 0.3) is 0 Å². The van der Waals surface area contributed by atoms with Crippen LogP contribution in [-0.2, 0) is 13.0 Å². The van der Waals surface area contributed by atoms with Crippen molar-refractivity contribution in [2.45, 2.75) is 13.0 Å². The van der Waals surface area contributed by atoms with Gasteiger partial charge in [0.05, 0.1) is 11.0 Å². The molecular formula is C26H18ClF2N3O. The summed E-state index contributed by atoms with van der Waals surface area (Å²) < 4.78 is 33.1. The lowest BCUT2D eigenvalue weighted by Crippen LogP contribution is -2.01. The zero-order valence-corrected chi connectivity index (χ0v) is 18.1. The maximum absolute atomic E-state index is 13.5. The molecule has 2 heterocycles. The van der Waals surface area contributed by atoms with Crippen molar-refractivity contribution in [3.63, 3.8) is 0 Å². The molecule has 5 aromatic rings. The molecule has 0 aliphatic rings. The van der Waals surface area contributed by atoms with E-state index in [1.807, 2.05) is 54.6 Å². The molecule has 2 aromatic heterocycles. The van der Waals surface area contributed by atoms with Gasteiger partial charge in [-0.25, -0.2) is 18.7 Å². The number of imidazole rings is 1. The highest BCUT2D eigenvalue weighted by Crippen LogP contribution is 2.27. The lowest BCUT2D eigenvalue weighted by atomic mass is 10.1. The van der Waals surface area contributed by atoms with Gasteiger partial charge in [-0.2, -0.15) is 0 Å². The number of aromatic amines is 1. The van der Waals surface area contributed by atoms with Crippen LogP contribution in [0, 0.1) is 11.6 Å². The van der Waals surface area contributed by atoms with Gasteiger partial charge in [0.1, 0.15) is 18.1 Å². The Bertz CT molecular complexity index is 1400. The van der Waals surface area contributed by atoms with Crippen LogP contribution < -0.4 is 4.74 Å². The normalized spacial score (nSPS) is 11.1. The van der Waals surface area contributed by atoms with Gasteiger partial charge in [-0.15, -0.1) is 0 Å². The van der Waals surface area contributed by atoms with Gasteiger partial charge >= 0.3 is 0 Å². The van der Waals surface area contributed by atoms with Crippen LogP contribution in [0.4, 0.5) is 8.78 Å². The van der Waals surface area contributed by atoms with Crippen LogP contribution in [-0.4, -0.2) is 15.0 Å². The Morgan fingerprint density at radius 2 is 1.67 bits per heavy atom. The molecule has 0 amide bonds. The molecule has 0 aliphatic heterocycles. The number of aromatic nitrogens is 3. The van der Waals surface area contributed by atoms with Crippen molar-refractivity contribution in [2.24, 2.45) is 0 Å². The predicted molar refractivity (Wildman–Crippen MR) is 124 cm³/mol. The van der Waals surface area contributed by atoms with E-state index in [-0.39, 0.29) is 0 Å². The number of ether oxygens (including phenoxy) is 1. The summed E-state index contributed by atoms with van der Waals surface area (Å²) in [5.41, 5.74) is 4.05. The zero-order chi connectivity index (χ0) is 22.8. The summed E-state index contributed by atoms with van der Waals surface area (Å²) in [5.74, 6) is -0.705. The molecule has 164 valence electrons. The average Bonchev–Trinajstić information content (AvgIpc) is 3.22. The van der Waals surface area contributed by atoms with Gasteiger partial charge in [0.2, 0.25) is 0 Å². The molecule has 0 spiro atoms. The van der Waals surface area contributed by atoms with Gasteiger partial charge in [0, 0.05) is 34.8 Å². The third-order valence-electron chi connectivity index (χ3n) is 5.20. The van der Waals surface area contributed by atoms with E-state index in [2.05, 4.69) is 15.0 Å². The first-order valence-corrected chi connectivity index (χ1v) is 10.7. The number of hydrogen-bond donors (Lipinski definition) is 1. The smallest absolute Gasteiger partial charge is 0.161 e. The Labute approximate surface area is 193 Å². The highest BCUT2D eigenvalue weighted by molar-refractivity contribution is 6.30. The maximum Gasteiger partial charge on any atom is 0.161 e. The summed E-state index contributed by atoms with van der Waals surface area (Å²) in [6.45, 7) is 0.440. The minimum Gasteiger partial charge on any atom is -0.489 e. The van der Waals surface area contributed by atoms with Crippen LogP contribution in [0.5, 0.6) is 5.75 Å². The van der Waals surface area contributed by atoms with Crippen LogP contribution in [0.1, 0.15) is 16.8 Å². The average molecular weight is 462 g/mol. The van der Waals surface area contributed by atoms with Crippen LogP contribution in [0.2, 0.25) is 5.02 Å². The van der Waals surface area contributed by atoms with Crippen molar-refractivity contribution in [1.29, 1.82) is 0 Å². The first kappa shape index (κ1) is 21.1. The summed E-state index contributed by atoms with van der Waals surface area (Å²) in [6.07, 6.45) is 0.488. The van der Waals surface area contributed by atoms with Crippen molar-refractivity contribution < 1.29 is 13.5 Å². The molecule has 5 rings (SSSR count). The van der Waals surface area contributed by atoms with E-state index in [1.54, 1.807) is 12.1 Å². The summed E-state index contributed by atoms with van der Waals surface area (Å²) in [7, 11) is 0. The Morgan fingerprint density at radius 1 is 0.848 bits per heavy atom. The number of nitrogens with one attached hydrogen (secondary N) is 1. The first-order valence-electron chi connectivity index (χ1n) is 10.3. The number of nitrogens with zero attached hydrogens (tertiary/aromatic N) is 2. The van der Waals surface area contributed by atoms with Crippen molar-refractivity contribution in [1.82, 2.24) is 15.0 Å². The van der Waals surface area contributed by atoms with E-state index in [0.29, 0.717) is 40.6 Å². The van der Waals surface area contributed by atoms with Crippen LogP contribution in [0.25, 0.3) is 22.6 Å². The fourth-order valence-corrected chi connectivity index (χ4v) is 3.79. The van der Waals surface area contributed by atoms with Gasteiger partial charge < -0.3 is 9.72 Å². The van der Waals surface area contributed by atoms with Crippen LogP contribution >= 0.6 is 11.6 Å². The zero-order valence-electron chi connectivity index (χ0n) is 17.4. The molecule has 0 aliphatic carbocycles. The fourth-order valence-electron chi connectivity index (χ4n) is 3.59. The van der Waals surface area contributed by atoms with Gasteiger partial charge in [-0.05, 0) is 35.9 Å². The summed E-state index contributed by atoms with van der Waals surface area (Å²) in [4.78, 5) is 12.0. The minimum atomic E-state index is -0.939. The second-order valence-corrected chi connectivity index (χ2v) is 8.02. The molecular weight excluding hydrogens is 444 g/mol. The van der Waals surface area contributed by atoms with Crippen molar-refractivity contribution in [3.05, 3.63) is 112 Å². The van der Waals surface area contributed by atoms with E-state index >= 15 is 0 Å². The number of hydrogen-bond acceptors (Lipinski definition) is 3. The van der Waals surface area contributed by atoms with E-state index < -0.39 is 11.6 Å². The molecule has 0 atom stereocenters. The summed E-state index contributed by atoms with van der Waals surface area (Å²) >= 11 is 6.25. The topological polar surface area (TPSA) is 50.8 Å². The third kappa shape index (κ3) is 4.71. The van der Waals surface area contributed by atoms with E-state index in [4.69, 9.17) is 16.3 Å².